The molecule has 1 unspecified atom stereocenters. The fourth-order valence-corrected chi connectivity index (χ4v) is 5.74. The van der Waals surface area contributed by atoms with Gasteiger partial charge in [0, 0.05) is 52.0 Å². The SMILES string of the molecule is NC1(C(=O)NC(CCCN2CCN(CC3CCOCC3)CC2)Cc2ccccc2)CCCC1. The summed E-state index contributed by atoms with van der Waals surface area (Å²) in [6.45, 7) is 8.90. The van der Waals surface area contributed by atoms with Crippen LogP contribution < -0.4 is 11.1 Å². The van der Waals surface area contributed by atoms with Gasteiger partial charge in [0.25, 0.3) is 0 Å². The molecule has 0 aromatic heterocycles. The van der Waals surface area contributed by atoms with Gasteiger partial charge in [0.05, 0.1) is 5.54 Å². The molecule has 3 fully saturated rings. The molecule has 3 aliphatic rings. The number of nitrogens with zero attached hydrogens (tertiary/aromatic N) is 2. The number of ether oxygens (including phenoxy) is 1. The predicted octanol–water partition coefficient (Wildman–Crippen LogP) is 2.81. The Labute approximate surface area is 200 Å². The summed E-state index contributed by atoms with van der Waals surface area (Å²) in [6, 6.07) is 10.7. The Balaban J connectivity index is 1.21. The van der Waals surface area contributed by atoms with E-state index in [9.17, 15) is 4.79 Å². The Bertz CT molecular complexity index is 708. The number of piperazine rings is 1. The van der Waals surface area contributed by atoms with E-state index in [1.165, 1.54) is 38.0 Å². The van der Waals surface area contributed by atoms with Gasteiger partial charge < -0.3 is 25.6 Å². The molecule has 3 N–H and O–H groups in total. The van der Waals surface area contributed by atoms with Crippen LogP contribution in [0.3, 0.4) is 0 Å². The second-order valence-corrected chi connectivity index (χ2v) is 10.6. The highest BCUT2D eigenvalue weighted by Gasteiger charge is 2.37. The first-order chi connectivity index (χ1) is 16.1. The molecule has 4 rings (SSSR count). The number of amides is 1. The van der Waals surface area contributed by atoms with Crippen LogP contribution in [0.4, 0.5) is 0 Å². The van der Waals surface area contributed by atoms with Crippen LogP contribution in [0.1, 0.15) is 56.9 Å². The molecule has 1 atom stereocenters. The van der Waals surface area contributed by atoms with Crippen LogP contribution in [0.2, 0.25) is 0 Å². The van der Waals surface area contributed by atoms with Gasteiger partial charge in [-0.05, 0) is 63.0 Å². The summed E-state index contributed by atoms with van der Waals surface area (Å²) < 4.78 is 5.51. The van der Waals surface area contributed by atoms with E-state index in [0.717, 1.165) is 83.7 Å². The van der Waals surface area contributed by atoms with Crippen LogP contribution in [-0.4, -0.2) is 79.8 Å². The van der Waals surface area contributed by atoms with Crippen LogP contribution in [0.25, 0.3) is 0 Å². The molecule has 1 amide bonds. The topological polar surface area (TPSA) is 70.8 Å². The molecule has 33 heavy (non-hydrogen) atoms. The number of nitrogens with two attached hydrogens (primary N) is 1. The average Bonchev–Trinajstić information content (AvgIpc) is 3.29. The lowest BCUT2D eigenvalue weighted by Gasteiger charge is -2.37. The Morgan fingerprint density at radius 3 is 2.42 bits per heavy atom. The van der Waals surface area contributed by atoms with Crippen molar-refractivity contribution in [1.29, 1.82) is 0 Å². The lowest BCUT2D eigenvalue weighted by Crippen LogP contribution is -2.55. The number of rotatable bonds is 10. The van der Waals surface area contributed by atoms with Crippen molar-refractivity contribution in [3.8, 4) is 0 Å². The first kappa shape index (κ1) is 24.6. The van der Waals surface area contributed by atoms with Gasteiger partial charge in [-0.25, -0.2) is 0 Å². The van der Waals surface area contributed by atoms with Gasteiger partial charge in [0.1, 0.15) is 0 Å². The van der Waals surface area contributed by atoms with E-state index in [4.69, 9.17) is 10.5 Å². The molecular formula is C27H44N4O2. The molecule has 0 bridgehead atoms. The molecule has 1 aromatic rings. The molecule has 0 radical (unpaired) electrons. The second-order valence-electron chi connectivity index (χ2n) is 10.6. The van der Waals surface area contributed by atoms with Crippen molar-refractivity contribution in [2.24, 2.45) is 11.7 Å². The monoisotopic (exact) mass is 456 g/mol. The van der Waals surface area contributed by atoms with Gasteiger partial charge >= 0.3 is 0 Å². The zero-order valence-electron chi connectivity index (χ0n) is 20.4. The highest BCUT2D eigenvalue weighted by molar-refractivity contribution is 5.86. The fraction of sp³-hybridized carbons (Fsp3) is 0.741. The number of carbonyl (C=O) groups excluding carboxylic acids is 1. The highest BCUT2D eigenvalue weighted by atomic mass is 16.5. The lowest BCUT2D eigenvalue weighted by molar-refractivity contribution is -0.127. The van der Waals surface area contributed by atoms with Crippen molar-refractivity contribution in [1.82, 2.24) is 15.1 Å². The third-order valence-electron chi connectivity index (χ3n) is 7.96. The second kappa shape index (κ2) is 12.3. The number of nitrogens with one attached hydrogen (secondary N) is 1. The summed E-state index contributed by atoms with van der Waals surface area (Å²) >= 11 is 0. The Hall–Kier alpha value is -1.47. The summed E-state index contributed by atoms with van der Waals surface area (Å²) in [4.78, 5) is 18.2. The van der Waals surface area contributed by atoms with E-state index in [1.54, 1.807) is 0 Å². The van der Waals surface area contributed by atoms with E-state index in [-0.39, 0.29) is 11.9 Å². The van der Waals surface area contributed by atoms with Crippen LogP contribution in [0, 0.1) is 5.92 Å². The van der Waals surface area contributed by atoms with Crippen LogP contribution in [0.15, 0.2) is 30.3 Å². The maximum absolute atomic E-state index is 13.0. The van der Waals surface area contributed by atoms with Crippen molar-refractivity contribution in [3.63, 3.8) is 0 Å². The van der Waals surface area contributed by atoms with Gasteiger partial charge in [0.15, 0.2) is 0 Å². The molecule has 1 saturated carbocycles. The van der Waals surface area contributed by atoms with Crippen LogP contribution >= 0.6 is 0 Å². The van der Waals surface area contributed by atoms with Crippen molar-refractivity contribution in [2.75, 3.05) is 52.5 Å². The fourth-order valence-electron chi connectivity index (χ4n) is 5.74. The molecule has 0 spiro atoms. The molecular weight excluding hydrogens is 412 g/mol. The maximum Gasteiger partial charge on any atom is 0.240 e. The summed E-state index contributed by atoms with van der Waals surface area (Å²) in [5.74, 6) is 0.876. The van der Waals surface area contributed by atoms with Crippen molar-refractivity contribution >= 4 is 5.91 Å². The van der Waals surface area contributed by atoms with Gasteiger partial charge in [-0.3, -0.25) is 4.79 Å². The first-order valence-electron chi connectivity index (χ1n) is 13.3. The van der Waals surface area contributed by atoms with Crippen LogP contribution in [0.5, 0.6) is 0 Å². The maximum atomic E-state index is 13.0. The lowest BCUT2D eigenvalue weighted by atomic mass is 9.95. The Morgan fingerprint density at radius 2 is 1.73 bits per heavy atom. The number of carbonyl (C=O) groups is 1. The van der Waals surface area contributed by atoms with E-state index in [1.807, 2.05) is 6.07 Å². The Morgan fingerprint density at radius 1 is 1.06 bits per heavy atom. The third kappa shape index (κ3) is 7.51. The average molecular weight is 457 g/mol. The first-order valence-corrected chi connectivity index (χ1v) is 13.3. The standard InChI is InChI=1S/C27H44N4O2/c28-27(12-4-5-13-27)26(32)29-25(21-23-7-2-1-3-8-23)9-6-14-30-15-17-31(18-16-30)22-24-10-19-33-20-11-24/h1-3,7-8,24-25H,4-6,9-22,28H2,(H,29,32). The molecule has 184 valence electrons. The normalized spacial score (nSPS) is 23.4. The van der Waals surface area contributed by atoms with Gasteiger partial charge in [-0.1, -0.05) is 43.2 Å². The van der Waals surface area contributed by atoms with Crippen molar-refractivity contribution in [2.45, 2.75) is 69.4 Å². The molecule has 1 aliphatic carbocycles. The summed E-state index contributed by atoms with van der Waals surface area (Å²) in [5.41, 5.74) is 7.06. The predicted molar refractivity (Wildman–Crippen MR) is 133 cm³/mol. The zero-order valence-corrected chi connectivity index (χ0v) is 20.4. The minimum absolute atomic E-state index is 0.0580. The smallest absolute Gasteiger partial charge is 0.240 e. The van der Waals surface area contributed by atoms with Gasteiger partial charge in [0.2, 0.25) is 5.91 Å². The summed E-state index contributed by atoms with van der Waals surface area (Å²) in [7, 11) is 0. The van der Waals surface area contributed by atoms with Crippen LogP contribution in [-0.2, 0) is 16.0 Å². The highest BCUT2D eigenvalue weighted by Crippen LogP contribution is 2.27. The summed E-state index contributed by atoms with van der Waals surface area (Å²) in [5, 5.41) is 3.34. The molecule has 2 saturated heterocycles. The van der Waals surface area contributed by atoms with E-state index in [2.05, 4.69) is 39.4 Å². The number of hydrogen-bond donors (Lipinski definition) is 2. The minimum Gasteiger partial charge on any atom is -0.381 e. The largest absolute Gasteiger partial charge is 0.381 e. The van der Waals surface area contributed by atoms with E-state index >= 15 is 0 Å². The molecule has 6 heteroatoms. The molecule has 2 aliphatic heterocycles. The molecule has 2 heterocycles. The quantitative estimate of drug-likeness (QED) is 0.567. The number of benzene rings is 1. The summed E-state index contributed by atoms with van der Waals surface area (Å²) in [6.07, 6.45) is 9.18. The van der Waals surface area contributed by atoms with E-state index < -0.39 is 5.54 Å². The Kier molecular flexibility index (Phi) is 9.18. The van der Waals surface area contributed by atoms with Gasteiger partial charge in [-0.15, -0.1) is 0 Å². The van der Waals surface area contributed by atoms with Gasteiger partial charge in [-0.2, -0.15) is 0 Å². The zero-order chi connectivity index (χ0) is 22.9. The molecule has 6 nitrogen and oxygen atoms in total. The van der Waals surface area contributed by atoms with Crippen molar-refractivity contribution < 1.29 is 9.53 Å². The molecule has 1 aromatic carbocycles. The van der Waals surface area contributed by atoms with Crippen molar-refractivity contribution in [3.05, 3.63) is 35.9 Å². The third-order valence-corrected chi connectivity index (χ3v) is 7.96. The van der Waals surface area contributed by atoms with E-state index in [0.29, 0.717) is 0 Å². The number of hydrogen-bond acceptors (Lipinski definition) is 5. The minimum atomic E-state index is -0.657.